The molecule has 0 aliphatic heterocycles. The summed E-state index contributed by atoms with van der Waals surface area (Å²) in [6.07, 6.45) is 3.72. The van der Waals surface area contributed by atoms with Gasteiger partial charge in [0.05, 0.1) is 5.60 Å². The van der Waals surface area contributed by atoms with E-state index in [0.717, 1.165) is 25.7 Å². The normalized spacial score (nSPS) is 11.8. The maximum Gasteiger partial charge on any atom is 0.126 e. The van der Waals surface area contributed by atoms with Crippen molar-refractivity contribution in [3.05, 3.63) is 35.6 Å². The van der Waals surface area contributed by atoms with E-state index in [-0.39, 0.29) is 5.82 Å². The average molecular weight is 224 g/mol. The lowest BCUT2D eigenvalue weighted by molar-refractivity contribution is 0.0208. The highest BCUT2D eigenvalue weighted by atomic mass is 19.1. The first-order chi connectivity index (χ1) is 7.61. The van der Waals surface area contributed by atoms with Crippen LogP contribution < -0.4 is 0 Å². The fourth-order valence-electron chi connectivity index (χ4n) is 2.23. The van der Waals surface area contributed by atoms with Gasteiger partial charge in [-0.3, -0.25) is 0 Å². The highest BCUT2D eigenvalue weighted by Gasteiger charge is 2.26. The zero-order valence-electron chi connectivity index (χ0n) is 10.2. The van der Waals surface area contributed by atoms with Gasteiger partial charge in [-0.2, -0.15) is 0 Å². The Morgan fingerprint density at radius 2 is 1.69 bits per heavy atom. The SMILES string of the molecule is CCCC(O)(CCC)Cc1ccccc1F. The molecule has 0 saturated heterocycles. The monoisotopic (exact) mass is 224 g/mol. The molecule has 0 amide bonds. The highest BCUT2D eigenvalue weighted by Crippen LogP contribution is 2.25. The van der Waals surface area contributed by atoms with Crippen LogP contribution in [0.1, 0.15) is 45.1 Å². The molecule has 2 heteroatoms. The molecule has 0 heterocycles. The number of hydrogen-bond acceptors (Lipinski definition) is 1. The van der Waals surface area contributed by atoms with Crippen molar-refractivity contribution in [3.8, 4) is 0 Å². The lowest BCUT2D eigenvalue weighted by Crippen LogP contribution is -2.31. The van der Waals surface area contributed by atoms with E-state index in [1.54, 1.807) is 12.1 Å². The Balaban J connectivity index is 2.79. The smallest absolute Gasteiger partial charge is 0.126 e. The van der Waals surface area contributed by atoms with Gasteiger partial charge in [-0.05, 0) is 24.5 Å². The minimum Gasteiger partial charge on any atom is -0.390 e. The van der Waals surface area contributed by atoms with Gasteiger partial charge in [0.25, 0.3) is 0 Å². The van der Waals surface area contributed by atoms with Crippen LogP contribution in [0.15, 0.2) is 24.3 Å². The number of rotatable bonds is 6. The second-order valence-electron chi connectivity index (χ2n) is 4.49. The molecule has 0 saturated carbocycles. The third-order valence-electron chi connectivity index (χ3n) is 2.91. The van der Waals surface area contributed by atoms with Crippen LogP contribution in [-0.2, 0) is 6.42 Å². The summed E-state index contributed by atoms with van der Waals surface area (Å²) in [6.45, 7) is 4.09. The minimum absolute atomic E-state index is 0.215. The predicted molar refractivity (Wildman–Crippen MR) is 64.9 cm³/mol. The Morgan fingerprint density at radius 1 is 1.12 bits per heavy atom. The Hall–Kier alpha value is -0.890. The maximum absolute atomic E-state index is 13.5. The van der Waals surface area contributed by atoms with Gasteiger partial charge in [0.1, 0.15) is 5.82 Å². The lowest BCUT2D eigenvalue weighted by atomic mass is 9.86. The lowest BCUT2D eigenvalue weighted by Gasteiger charge is -2.27. The number of benzene rings is 1. The Kier molecular flexibility index (Phi) is 4.94. The van der Waals surface area contributed by atoms with E-state index in [0.29, 0.717) is 12.0 Å². The van der Waals surface area contributed by atoms with E-state index in [9.17, 15) is 9.50 Å². The maximum atomic E-state index is 13.5. The highest BCUT2D eigenvalue weighted by molar-refractivity contribution is 5.19. The van der Waals surface area contributed by atoms with Crippen molar-refractivity contribution in [1.29, 1.82) is 0 Å². The Bertz CT molecular complexity index is 316. The molecule has 0 fully saturated rings. The van der Waals surface area contributed by atoms with Crippen LogP contribution in [0.5, 0.6) is 0 Å². The molecule has 1 N–H and O–H groups in total. The van der Waals surface area contributed by atoms with Crippen LogP contribution >= 0.6 is 0 Å². The third-order valence-corrected chi connectivity index (χ3v) is 2.91. The van der Waals surface area contributed by atoms with Gasteiger partial charge in [0, 0.05) is 6.42 Å². The molecule has 16 heavy (non-hydrogen) atoms. The molecular weight excluding hydrogens is 203 g/mol. The fourth-order valence-corrected chi connectivity index (χ4v) is 2.23. The predicted octanol–water partition coefficient (Wildman–Crippen LogP) is 3.70. The molecule has 0 aliphatic carbocycles. The van der Waals surface area contributed by atoms with E-state index in [2.05, 4.69) is 0 Å². The zero-order chi connectivity index (χ0) is 12.0. The van der Waals surface area contributed by atoms with Crippen LogP contribution in [0.4, 0.5) is 4.39 Å². The zero-order valence-corrected chi connectivity index (χ0v) is 10.2. The third kappa shape index (κ3) is 3.60. The molecule has 0 atom stereocenters. The minimum atomic E-state index is -0.744. The van der Waals surface area contributed by atoms with Crippen molar-refractivity contribution in [2.75, 3.05) is 0 Å². The van der Waals surface area contributed by atoms with E-state index in [1.807, 2.05) is 19.9 Å². The summed E-state index contributed by atoms with van der Waals surface area (Å²) in [6, 6.07) is 6.70. The second kappa shape index (κ2) is 6.00. The quantitative estimate of drug-likeness (QED) is 0.781. The molecule has 0 radical (unpaired) electrons. The largest absolute Gasteiger partial charge is 0.390 e. The van der Waals surface area contributed by atoms with Gasteiger partial charge in [-0.15, -0.1) is 0 Å². The molecule has 1 aromatic carbocycles. The fraction of sp³-hybridized carbons (Fsp3) is 0.571. The number of aliphatic hydroxyl groups is 1. The summed E-state index contributed by atoms with van der Waals surface area (Å²) >= 11 is 0. The van der Waals surface area contributed by atoms with Gasteiger partial charge in [0.15, 0.2) is 0 Å². The summed E-state index contributed by atoms with van der Waals surface area (Å²) in [5, 5.41) is 10.4. The first-order valence-electron chi connectivity index (χ1n) is 6.07. The van der Waals surface area contributed by atoms with Gasteiger partial charge >= 0.3 is 0 Å². The van der Waals surface area contributed by atoms with E-state index < -0.39 is 5.60 Å². The summed E-state index contributed by atoms with van der Waals surface area (Å²) in [4.78, 5) is 0. The van der Waals surface area contributed by atoms with Gasteiger partial charge < -0.3 is 5.11 Å². The van der Waals surface area contributed by atoms with Gasteiger partial charge in [0.2, 0.25) is 0 Å². The summed E-state index contributed by atoms with van der Waals surface area (Å²) in [7, 11) is 0. The standard InChI is InChI=1S/C14H21FO/c1-3-9-14(16,10-4-2)11-12-7-5-6-8-13(12)15/h5-8,16H,3-4,9-11H2,1-2H3. The van der Waals surface area contributed by atoms with Crippen molar-refractivity contribution in [2.45, 2.75) is 51.6 Å². The molecule has 0 aliphatic rings. The molecule has 0 aromatic heterocycles. The van der Waals surface area contributed by atoms with Crippen molar-refractivity contribution in [2.24, 2.45) is 0 Å². The van der Waals surface area contributed by atoms with Gasteiger partial charge in [-0.1, -0.05) is 44.9 Å². The second-order valence-corrected chi connectivity index (χ2v) is 4.49. The molecule has 1 aromatic rings. The van der Waals surface area contributed by atoms with Crippen LogP contribution in [0.3, 0.4) is 0 Å². The van der Waals surface area contributed by atoms with Crippen molar-refractivity contribution in [3.63, 3.8) is 0 Å². The first kappa shape index (κ1) is 13.2. The molecule has 1 nitrogen and oxygen atoms in total. The Labute approximate surface area is 97.3 Å². The van der Waals surface area contributed by atoms with Crippen molar-refractivity contribution < 1.29 is 9.50 Å². The van der Waals surface area contributed by atoms with E-state index >= 15 is 0 Å². The molecule has 0 bridgehead atoms. The molecule has 0 spiro atoms. The van der Waals surface area contributed by atoms with Crippen LogP contribution in [0.25, 0.3) is 0 Å². The van der Waals surface area contributed by atoms with Gasteiger partial charge in [-0.25, -0.2) is 4.39 Å². The van der Waals surface area contributed by atoms with Crippen LogP contribution in [0, 0.1) is 5.82 Å². The summed E-state index contributed by atoms with van der Waals surface area (Å²) < 4.78 is 13.5. The summed E-state index contributed by atoms with van der Waals surface area (Å²) in [5.41, 5.74) is -0.127. The number of hydrogen-bond donors (Lipinski definition) is 1. The topological polar surface area (TPSA) is 20.2 Å². The van der Waals surface area contributed by atoms with Crippen molar-refractivity contribution >= 4 is 0 Å². The molecular formula is C14H21FO. The van der Waals surface area contributed by atoms with E-state index in [1.165, 1.54) is 6.07 Å². The Morgan fingerprint density at radius 3 is 2.19 bits per heavy atom. The first-order valence-corrected chi connectivity index (χ1v) is 6.07. The molecule has 0 unspecified atom stereocenters. The van der Waals surface area contributed by atoms with Crippen LogP contribution in [-0.4, -0.2) is 10.7 Å². The summed E-state index contributed by atoms with van der Waals surface area (Å²) in [5.74, 6) is -0.215. The van der Waals surface area contributed by atoms with Crippen molar-refractivity contribution in [1.82, 2.24) is 0 Å². The van der Waals surface area contributed by atoms with E-state index in [4.69, 9.17) is 0 Å². The molecule has 1 rings (SSSR count). The number of halogens is 1. The molecule has 90 valence electrons. The van der Waals surface area contributed by atoms with Crippen LogP contribution in [0.2, 0.25) is 0 Å². The average Bonchev–Trinajstić information content (AvgIpc) is 2.22.